The number of halogens is 6. The highest BCUT2D eigenvalue weighted by Gasteiger charge is 2.71. The normalized spacial score (nSPS) is 13.0. The molecule has 0 saturated heterocycles. The number of rotatable bonds is 7. The molecule has 0 radical (unpaired) electrons. The van der Waals surface area contributed by atoms with E-state index >= 15 is 0 Å². The van der Waals surface area contributed by atoms with Crippen molar-refractivity contribution in [3.8, 4) is 0 Å². The number of benzene rings is 3. The van der Waals surface area contributed by atoms with Crippen molar-refractivity contribution in [1.82, 2.24) is 0 Å². The van der Waals surface area contributed by atoms with Crippen molar-refractivity contribution in [3.63, 3.8) is 0 Å². The summed E-state index contributed by atoms with van der Waals surface area (Å²) in [4.78, 5) is 0.199. The number of sulfonamides is 1. The molecule has 0 amide bonds. The lowest BCUT2D eigenvalue weighted by atomic mass is 9.92. The zero-order chi connectivity index (χ0) is 26.1. The van der Waals surface area contributed by atoms with Gasteiger partial charge in [-0.15, -0.1) is 11.8 Å². The predicted octanol–water partition coefficient (Wildman–Crippen LogP) is 6.12. The smallest absolute Gasteiger partial charge is 0.369 e. The molecule has 3 aromatic carbocycles. The van der Waals surface area contributed by atoms with Gasteiger partial charge in [-0.1, -0.05) is 48.5 Å². The Morgan fingerprint density at radius 1 is 0.829 bits per heavy atom. The SMILES string of the molecule is CSc1cccc(N(Cc2ccccc2)S(=O)(=O)c2ccc(C(O)(C(F)(F)F)C(F)(F)F)cc2)c1. The lowest BCUT2D eigenvalue weighted by molar-refractivity contribution is -0.376. The van der Waals surface area contributed by atoms with E-state index < -0.39 is 38.4 Å². The van der Waals surface area contributed by atoms with E-state index in [0.717, 1.165) is 9.20 Å². The molecule has 0 heterocycles. The molecule has 0 aromatic heterocycles. The largest absolute Gasteiger partial charge is 0.430 e. The lowest BCUT2D eigenvalue weighted by Crippen LogP contribution is -2.53. The summed E-state index contributed by atoms with van der Waals surface area (Å²) >= 11 is 1.36. The van der Waals surface area contributed by atoms with Gasteiger partial charge in [0.05, 0.1) is 17.1 Å². The van der Waals surface area contributed by atoms with Crippen molar-refractivity contribution in [1.29, 1.82) is 0 Å². The Morgan fingerprint density at radius 3 is 1.91 bits per heavy atom. The molecule has 0 spiro atoms. The van der Waals surface area contributed by atoms with Crippen LogP contribution in [0, 0.1) is 0 Å². The number of hydrogen-bond donors (Lipinski definition) is 1. The molecule has 188 valence electrons. The molecule has 4 nitrogen and oxygen atoms in total. The van der Waals surface area contributed by atoms with E-state index in [-0.39, 0.29) is 12.2 Å². The Morgan fingerprint density at radius 2 is 1.40 bits per heavy atom. The first-order valence-corrected chi connectivity index (χ1v) is 12.6. The van der Waals surface area contributed by atoms with E-state index in [1.165, 1.54) is 17.8 Å². The van der Waals surface area contributed by atoms with Crippen LogP contribution in [0.5, 0.6) is 0 Å². The van der Waals surface area contributed by atoms with Gasteiger partial charge in [0.1, 0.15) is 0 Å². The number of thioether (sulfide) groups is 1. The third-order valence-corrected chi connectivity index (χ3v) is 7.70. The fraction of sp³-hybridized carbons (Fsp3) is 0.217. The van der Waals surface area contributed by atoms with E-state index in [2.05, 4.69) is 0 Å². The summed E-state index contributed by atoms with van der Waals surface area (Å²) in [5.41, 5.74) is -5.84. The quantitative estimate of drug-likeness (QED) is 0.293. The summed E-state index contributed by atoms with van der Waals surface area (Å²) in [6.45, 7) is -0.141. The molecule has 0 saturated carbocycles. The second-order valence-electron chi connectivity index (χ2n) is 7.43. The highest BCUT2D eigenvalue weighted by Crippen LogP contribution is 2.50. The standard InChI is InChI=1S/C23H19F6NO3S2/c1-34-19-9-5-8-18(14-19)30(15-16-6-3-2-4-7-16)35(32,33)20-12-10-17(11-13-20)21(31,22(24,25)26)23(27,28)29/h2-14,31H,15H2,1H3. The molecule has 1 N–H and O–H groups in total. The minimum Gasteiger partial charge on any atom is -0.369 e. The first kappa shape index (κ1) is 26.9. The summed E-state index contributed by atoms with van der Waals surface area (Å²) in [6, 6.07) is 16.9. The molecule has 0 aliphatic carbocycles. The Kier molecular flexibility index (Phi) is 7.49. The molecular formula is C23H19F6NO3S2. The molecule has 12 heteroatoms. The molecule has 0 aliphatic rings. The average Bonchev–Trinajstić information content (AvgIpc) is 2.81. The first-order chi connectivity index (χ1) is 16.2. The van der Waals surface area contributed by atoms with Gasteiger partial charge in [0, 0.05) is 10.5 Å². The highest BCUT2D eigenvalue weighted by molar-refractivity contribution is 7.98. The van der Waals surface area contributed by atoms with Crippen molar-refractivity contribution >= 4 is 27.5 Å². The minimum absolute atomic E-state index is 0.141. The Balaban J connectivity index is 2.09. The summed E-state index contributed by atoms with van der Waals surface area (Å²) in [5.74, 6) is 0. The van der Waals surface area contributed by atoms with Crippen molar-refractivity contribution in [3.05, 3.63) is 90.0 Å². The Labute approximate surface area is 202 Å². The van der Waals surface area contributed by atoms with Crippen LogP contribution in [0.4, 0.5) is 32.0 Å². The molecule has 3 rings (SSSR count). The van der Waals surface area contributed by atoms with Crippen LogP contribution in [0.3, 0.4) is 0 Å². The van der Waals surface area contributed by atoms with Crippen molar-refractivity contribution in [2.24, 2.45) is 0 Å². The maximum absolute atomic E-state index is 13.5. The minimum atomic E-state index is -6.08. The molecule has 3 aromatic rings. The van der Waals surface area contributed by atoms with Crippen LogP contribution in [0.25, 0.3) is 0 Å². The summed E-state index contributed by atoms with van der Waals surface area (Å²) in [5, 5.41) is 9.58. The molecule has 0 atom stereocenters. The van der Waals surface area contributed by atoms with Gasteiger partial charge in [0.25, 0.3) is 15.6 Å². The molecule has 0 fully saturated rings. The van der Waals surface area contributed by atoms with Crippen LogP contribution in [0.15, 0.2) is 88.7 Å². The predicted molar refractivity (Wildman–Crippen MR) is 120 cm³/mol. The first-order valence-electron chi connectivity index (χ1n) is 9.89. The van der Waals surface area contributed by atoms with Gasteiger partial charge >= 0.3 is 12.4 Å². The average molecular weight is 536 g/mol. The fourth-order valence-corrected chi connectivity index (χ4v) is 5.21. The number of nitrogens with zero attached hydrogens (tertiary/aromatic N) is 1. The van der Waals surface area contributed by atoms with Gasteiger partial charge < -0.3 is 5.11 Å². The molecule has 0 aliphatic heterocycles. The van der Waals surface area contributed by atoms with Crippen molar-refractivity contribution < 1.29 is 39.9 Å². The molecule has 35 heavy (non-hydrogen) atoms. The van der Waals surface area contributed by atoms with Gasteiger partial charge in [-0.2, -0.15) is 26.3 Å². The van der Waals surface area contributed by atoms with E-state index in [1.807, 2.05) is 0 Å². The molecule has 0 bridgehead atoms. The van der Waals surface area contributed by atoms with Crippen molar-refractivity contribution in [2.75, 3.05) is 10.6 Å². The second kappa shape index (κ2) is 9.75. The van der Waals surface area contributed by atoms with Crippen LogP contribution in [0.2, 0.25) is 0 Å². The third kappa shape index (κ3) is 5.29. The highest BCUT2D eigenvalue weighted by atomic mass is 32.2. The van der Waals surface area contributed by atoms with Crippen LogP contribution in [-0.4, -0.2) is 32.1 Å². The molecular weight excluding hydrogens is 516 g/mol. The maximum Gasteiger partial charge on any atom is 0.430 e. The number of hydrogen-bond acceptors (Lipinski definition) is 4. The van der Waals surface area contributed by atoms with Gasteiger partial charge in [-0.3, -0.25) is 4.31 Å². The van der Waals surface area contributed by atoms with E-state index in [9.17, 15) is 39.9 Å². The van der Waals surface area contributed by atoms with Crippen LogP contribution >= 0.6 is 11.8 Å². The molecule has 0 unspecified atom stereocenters. The fourth-order valence-electron chi connectivity index (χ4n) is 3.31. The van der Waals surface area contributed by atoms with Crippen molar-refractivity contribution in [2.45, 2.75) is 34.3 Å². The third-order valence-electron chi connectivity index (χ3n) is 5.19. The maximum atomic E-state index is 13.5. The van der Waals surface area contributed by atoms with E-state index in [0.29, 0.717) is 29.8 Å². The van der Waals surface area contributed by atoms with Crippen LogP contribution in [0.1, 0.15) is 11.1 Å². The van der Waals surface area contributed by atoms with E-state index in [1.54, 1.807) is 54.8 Å². The van der Waals surface area contributed by atoms with Gasteiger partial charge in [-0.25, -0.2) is 8.42 Å². The van der Waals surface area contributed by atoms with E-state index in [4.69, 9.17) is 0 Å². The Bertz CT molecular complexity index is 1250. The Hall–Kier alpha value is -2.70. The zero-order valence-electron chi connectivity index (χ0n) is 18.0. The van der Waals surface area contributed by atoms with Crippen LogP contribution in [-0.2, 0) is 22.2 Å². The summed E-state index contributed by atoms with van der Waals surface area (Å²) in [7, 11) is -4.43. The number of anilines is 1. The topological polar surface area (TPSA) is 57.6 Å². The lowest BCUT2D eigenvalue weighted by Gasteiger charge is -2.32. The second-order valence-corrected chi connectivity index (χ2v) is 10.2. The summed E-state index contributed by atoms with van der Waals surface area (Å²) < 4.78 is 107. The number of alkyl halides is 6. The monoisotopic (exact) mass is 535 g/mol. The van der Waals surface area contributed by atoms with Crippen LogP contribution < -0.4 is 4.31 Å². The summed E-state index contributed by atoms with van der Waals surface area (Å²) in [6.07, 6.45) is -10.4. The van der Waals surface area contributed by atoms with Gasteiger partial charge in [-0.05, 0) is 42.2 Å². The number of aliphatic hydroxyl groups is 1. The van der Waals surface area contributed by atoms with Gasteiger partial charge in [0.2, 0.25) is 0 Å². The van der Waals surface area contributed by atoms with Gasteiger partial charge in [0.15, 0.2) is 0 Å². The zero-order valence-corrected chi connectivity index (χ0v) is 19.6.